The summed E-state index contributed by atoms with van der Waals surface area (Å²) in [5.41, 5.74) is 3.86. The highest BCUT2D eigenvalue weighted by molar-refractivity contribution is 8.19. The number of rotatable bonds is 5. The van der Waals surface area contributed by atoms with Crippen LogP contribution < -0.4 is 4.90 Å². The molecular formula is C27H20ClFN2O2S. The number of thioether (sulfide) groups is 1. The summed E-state index contributed by atoms with van der Waals surface area (Å²) in [6.45, 7) is 2.43. The molecule has 0 radical (unpaired) electrons. The van der Waals surface area contributed by atoms with Crippen LogP contribution in [0.4, 0.5) is 14.9 Å². The fourth-order valence-corrected chi connectivity index (χ4v) is 5.30. The van der Waals surface area contributed by atoms with Gasteiger partial charge in [-0.1, -0.05) is 67.1 Å². The SMILES string of the molecule is CCc1cccc2c(/C=C3\SC(=O)N(c4ccccc4Cl)C3=O)cn(Cc3ccccc3F)c12. The van der Waals surface area contributed by atoms with Gasteiger partial charge in [0.2, 0.25) is 0 Å². The number of para-hydroxylation sites is 2. The van der Waals surface area contributed by atoms with Crippen molar-refractivity contribution in [2.45, 2.75) is 19.9 Å². The number of aromatic nitrogens is 1. The first-order chi connectivity index (χ1) is 16.5. The van der Waals surface area contributed by atoms with Crippen molar-refractivity contribution >= 4 is 57.2 Å². The number of imide groups is 1. The van der Waals surface area contributed by atoms with E-state index in [0.717, 1.165) is 45.1 Å². The maximum atomic E-state index is 14.4. The van der Waals surface area contributed by atoms with Gasteiger partial charge in [-0.05, 0) is 48.0 Å². The lowest BCUT2D eigenvalue weighted by Crippen LogP contribution is -2.27. The summed E-state index contributed by atoms with van der Waals surface area (Å²) in [6, 6.07) is 19.5. The molecule has 0 spiro atoms. The first-order valence-electron chi connectivity index (χ1n) is 10.8. The first-order valence-corrected chi connectivity index (χ1v) is 12.0. The zero-order valence-electron chi connectivity index (χ0n) is 18.3. The lowest BCUT2D eigenvalue weighted by molar-refractivity contribution is -0.113. The fourth-order valence-electron chi connectivity index (χ4n) is 4.25. The van der Waals surface area contributed by atoms with Gasteiger partial charge in [-0.3, -0.25) is 9.59 Å². The number of hydrogen-bond donors (Lipinski definition) is 0. The summed E-state index contributed by atoms with van der Waals surface area (Å²) in [5.74, 6) is -0.675. The van der Waals surface area contributed by atoms with Crippen molar-refractivity contribution in [1.29, 1.82) is 0 Å². The Morgan fingerprint density at radius 2 is 1.71 bits per heavy atom. The summed E-state index contributed by atoms with van der Waals surface area (Å²) in [6.07, 6.45) is 4.46. The van der Waals surface area contributed by atoms with E-state index in [1.165, 1.54) is 6.07 Å². The molecule has 2 heterocycles. The molecule has 1 aliphatic heterocycles. The van der Waals surface area contributed by atoms with Crippen molar-refractivity contribution in [2.24, 2.45) is 0 Å². The smallest absolute Gasteiger partial charge is 0.298 e. The molecule has 5 rings (SSSR count). The van der Waals surface area contributed by atoms with Gasteiger partial charge in [-0.2, -0.15) is 0 Å². The van der Waals surface area contributed by atoms with Gasteiger partial charge in [0.15, 0.2) is 0 Å². The molecular weight excluding hydrogens is 471 g/mol. The van der Waals surface area contributed by atoms with Crippen LogP contribution in [0.2, 0.25) is 5.02 Å². The molecule has 1 fully saturated rings. The van der Waals surface area contributed by atoms with Crippen LogP contribution in [0.15, 0.2) is 77.8 Å². The van der Waals surface area contributed by atoms with E-state index >= 15 is 0 Å². The zero-order chi connectivity index (χ0) is 23.8. The Kier molecular flexibility index (Phi) is 6.02. The summed E-state index contributed by atoms with van der Waals surface area (Å²) in [4.78, 5) is 27.3. The Morgan fingerprint density at radius 1 is 0.971 bits per heavy atom. The van der Waals surface area contributed by atoms with Crippen molar-refractivity contribution in [2.75, 3.05) is 4.90 Å². The number of carbonyl (C=O) groups excluding carboxylic acids is 2. The second kappa shape index (κ2) is 9.12. The lowest BCUT2D eigenvalue weighted by atomic mass is 10.1. The average Bonchev–Trinajstić information content (AvgIpc) is 3.32. The number of benzene rings is 3. The van der Waals surface area contributed by atoms with E-state index in [2.05, 4.69) is 13.0 Å². The molecule has 170 valence electrons. The van der Waals surface area contributed by atoms with Crippen LogP contribution in [-0.2, 0) is 17.8 Å². The molecule has 1 aliphatic rings. The van der Waals surface area contributed by atoms with Gasteiger partial charge in [-0.15, -0.1) is 0 Å². The van der Waals surface area contributed by atoms with Gasteiger partial charge >= 0.3 is 0 Å². The van der Waals surface area contributed by atoms with Crippen LogP contribution in [-0.4, -0.2) is 15.7 Å². The highest BCUT2D eigenvalue weighted by Gasteiger charge is 2.37. The standard InChI is InChI=1S/C27H20ClFN2O2S/c1-2-17-9-7-10-20-19(16-30(25(17)20)15-18-8-3-5-12-22(18)29)14-24-26(32)31(27(33)34-24)23-13-6-4-11-21(23)28/h3-14,16H,2,15H2,1H3/b24-14-. The Bertz CT molecular complexity index is 1480. The van der Waals surface area contributed by atoms with Gasteiger partial charge in [0, 0.05) is 22.7 Å². The Balaban J connectivity index is 1.59. The van der Waals surface area contributed by atoms with Gasteiger partial charge in [-0.25, -0.2) is 9.29 Å². The third-order valence-electron chi connectivity index (χ3n) is 5.87. The number of nitrogens with zero attached hydrogens (tertiary/aromatic N) is 2. The van der Waals surface area contributed by atoms with E-state index in [4.69, 9.17) is 11.6 Å². The van der Waals surface area contributed by atoms with Gasteiger partial charge in [0.05, 0.1) is 27.7 Å². The molecule has 1 saturated heterocycles. The molecule has 3 aromatic carbocycles. The molecule has 4 aromatic rings. The van der Waals surface area contributed by atoms with Crippen LogP contribution in [0.3, 0.4) is 0 Å². The van der Waals surface area contributed by atoms with Crippen LogP contribution in [0, 0.1) is 5.82 Å². The van der Waals surface area contributed by atoms with Crippen LogP contribution in [0.25, 0.3) is 17.0 Å². The summed E-state index contributed by atoms with van der Waals surface area (Å²) in [7, 11) is 0. The van der Waals surface area contributed by atoms with Crippen molar-refractivity contribution in [3.63, 3.8) is 0 Å². The summed E-state index contributed by atoms with van der Waals surface area (Å²) in [5, 5.41) is 0.883. The van der Waals surface area contributed by atoms with E-state index in [-0.39, 0.29) is 5.82 Å². The van der Waals surface area contributed by atoms with Gasteiger partial charge < -0.3 is 4.57 Å². The van der Waals surface area contributed by atoms with Crippen LogP contribution in [0.1, 0.15) is 23.6 Å². The van der Waals surface area contributed by atoms with Gasteiger partial charge in [0.25, 0.3) is 11.1 Å². The molecule has 2 amide bonds. The highest BCUT2D eigenvalue weighted by atomic mass is 35.5. The first kappa shape index (κ1) is 22.4. The summed E-state index contributed by atoms with van der Waals surface area (Å²) < 4.78 is 16.4. The molecule has 1 aromatic heterocycles. The van der Waals surface area contributed by atoms with Crippen molar-refractivity contribution in [3.05, 3.63) is 105 Å². The molecule has 0 N–H and O–H groups in total. The minimum atomic E-state index is -0.412. The maximum absolute atomic E-state index is 14.4. The maximum Gasteiger partial charge on any atom is 0.298 e. The normalized spacial score (nSPS) is 15.1. The summed E-state index contributed by atoms with van der Waals surface area (Å²) >= 11 is 7.12. The monoisotopic (exact) mass is 490 g/mol. The lowest BCUT2D eigenvalue weighted by Gasteiger charge is -2.13. The van der Waals surface area contributed by atoms with Crippen molar-refractivity contribution in [1.82, 2.24) is 4.57 Å². The molecule has 0 saturated carbocycles. The van der Waals surface area contributed by atoms with Crippen molar-refractivity contribution < 1.29 is 14.0 Å². The van der Waals surface area contributed by atoms with Crippen LogP contribution in [0.5, 0.6) is 0 Å². The minimum Gasteiger partial charge on any atom is -0.342 e. The Labute approximate surface area is 205 Å². The Hall–Kier alpha value is -3.35. The van der Waals surface area contributed by atoms with E-state index in [1.807, 2.05) is 29.0 Å². The molecule has 0 atom stereocenters. The predicted molar refractivity (Wildman–Crippen MR) is 137 cm³/mol. The number of hydrogen-bond acceptors (Lipinski definition) is 3. The van der Waals surface area contributed by atoms with E-state index in [9.17, 15) is 14.0 Å². The third kappa shape index (κ3) is 3.93. The number of halogens is 2. The highest BCUT2D eigenvalue weighted by Crippen LogP contribution is 2.39. The molecule has 0 bridgehead atoms. The topological polar surface area (TPSA) is 42.3 Å². The second-order valence-corrected chi connectivity index (χ2v) is 9.34. The Morgan fingerprint density at radius 3 is 2.47 bits per heavy atom. The number of amides is 2. The minimum absolute atomic E-state index is 0.263. The van der Waals surface area contributed by atoms with Crippen molar-refractivity contribution in [3.8, 4) is 0 Å². The van der Waals surface area contributed by atoms with E-state index in [0.29, 0.717) is 27.7 Å². The average molecular weight is 491 g/mol. The number of carbonyl (C=O) groups is 2. The molecule has 0 aliphatic carbocycles. The molecule has 4 nitrogen and oxygen atoms in total. The quantitative estimate of drug-likeness (QED) is 0.276. The molecule has 34 heavy (non-hydrogen) atoms. The zero-order valence-corrected chi connectivity index (χ0v) is 19.9. The molecule has 0 unspecified atom stereocenters. The fraction of sp³-hybridized carbons (Fsp3) is 0.111. The number of fused-ring (bicyclic) bond motifs is 1. The van der Waals surface area contributed by atoms with E-state index < -0.39 is 11.1 Å². The predicted octanol–water partition coefficient (Wildman–Crippen LogP) is 7.29. The molecule has 7 heteroatoms. The van der Waals surface area contributed by atoms with Gasteiger partial charge in [0.1, 0.15) is 5.82 Å². The van der Waals surface area contributed by atoms with Crippen LogP contribution >= 0.6 is 23.4 Å². The second-order valence-electron chi connectivity index (χ2n) is 7.94. The van der Waals surface area contributed by atoms with E-state index in [1.54, 1.807) is 42.5 Å². The largest absolute Gasteiger partial charge is 0.342 e. The third-order valence-corrected chi connectivity index (χ3v) is 7.06. The number of aryl methyl sites for hydroxylation is 1. The number of anilines is 1.